The first-order valence-corrected chi connectivity index (χ1v) is 7.73. The molecule has 0 aromatic heterocycles. The van der Waals surface area contributed by atoms with E-state index in [0.29, 0.717) is 0 Å². The molecule has 0 bridgehead atoms. The van der Waals surface area contributed by atoms with Crippen LogP contribution in [0, 0.1) is 0 Å². The van der Waals surface area contributed by atoms with Crippen LogP contribution in [-0.4, -0.2) is 30.2 Å². The fourth-order valence-corrected chi connectivity index (χ4v) is 2.39. The van der Waals surface area contributed by atoms with Gasteiger partial charge in [-0.1, -0.05) is 33.1 Å². The molecule has 0 spiro atoms. The fraction of sp³-hybridized carbons (Fsp3) is 0.933. The molecule has 0 aromatic carbocycles. The number of rotatable bonds is 7. The first-order valence-electron chi connectivity index (χ1n) is 7.73. The molecule has 106 valence electrons. The molecule has 1 saturated carbocycles. The minimum absolute atomic E-state index is 0.0798. The van der Waals surface area contributed by atoms with Crippen molar-refractivity contribution in [3.8, 4) is 0 Å². The van der Waals surface area contributed by atoms with Crippen molar-refractivity contribution in [3.63, 3.8) is 0 Å². The van der Waals surface area contributed by atoms with Crippen molar-refractivity contribution in [2.75, 3.05) is 13.1 Å². The summed E-state index contributed by atoms with van der Waals surface area (Å²) in [6, 6.07) is 0. The first-order chi connectivity index (χ1) is 8.77. The van der Waals surface area contributed by atoms with Gasteiger partial charge >= 0.3 is 6.09 Å². The highest BCUT2D eigenvalue weighted by atomic mass is 16.6. The fourth-order valence-electron chi connectivity index (χ4n) is 2.39. The smallest absolute Gasteiger partial charge is 0.410 e. The lowest BCUT2D eigenvalue weighted by molar-refractivity contribution is 0.0452. The second-order valence-electron chi connectivity index (χ2n) is 5.34. The van der Waals surface area contributed by atoms with Crippen LogP contribution in [0.15, 0.2) is 0 Å². The monoisotopic (exact) mass is 255 g/mol. The van der Waals surface area contributed by atoms with E-state index in [1.54, 1.807) is 0 Å². The third-order valence-corrected chi connectivity index (χ3v) is 3.64. The second kappa shape index (κ2) is 9.23. The SMILES string of the molecule is CCCCN(CCCC)C(=O)OC1CCCCC1. The minimum atomic E-state index is -0.0798. The topological polar surface area (TPSA) is 29.5 Å². The maximum absolute atomic E-state index is 12.1. The van der Waals surface area contributed by atoms with Crippen molar-refractivity contribution in [3.05, 3.63) is 0 Å². The van der Waals surface area contributed by atoms with Crippen LogP contribution in [0.5, 0.6) is 0 Å². The molecule has 1 rings (SSSR count). The van der Waals surface area contributed by atoms with E-state index in [-0.39, 0.29) is 12.2 Å². The molecule has 1 fully saturated rings. The van der Waals surface area contributed by atoms with Gasteiger partial charge in [0.1, 0.15) is 6.10 Å². The Hall–Kier alpha value is -0.730. The molecule has 1 amide bonds. The number of hydrogen-bond acceptors (Lipinski definition) is 2. The zero-order valence-electron chi connectivity index (χ0n) is 12.1. The summed E-state index contributed by atoms with van der Waals surface area (Å²) in [5, 5.41) is 0. The molecule has 0 unspecified atom stereocenters. The highest BCUT2D eigenvalue weighted by Gasteiger charge is 2.21. The van der Waals surface area contributed by atoms with Crippen LogP contribution in [-0.2, 0) is 4.74 Å². The van der Waals surface area contributed by atoms with E-state index in [9.17, 15) is 4.79 Å². The van der Waals surface area contributed by atoms with E-state index >= 15 is 0 Å². The maximum atomic E-state index is 12.1. The summed E-state index contributed by atoms with van der Waals surface area (Å²) >= 11 is 0. The number of nitrogens with zero attached hydrogens (tertiary/aromatic N) is 1. The van der Waals surface area contributed by atoms with Gasteiger partial charge in [-0.15, -0.1) is 0 Å². The van der Waals surface area contributed by atoms with Crippen LogP contribution in [0.3, 0.4) is 0 Å². The Kier molecular flexibility index (Phi) is 7.86. The molecule has 1 aliphatic carbocycles. The zero-order valence-corrected chi connectivity index (χ0v) is 12.1. The molecule has 0 atom stereocenters. The number of amides is 1. The molecule has 0 saturated heterocycles. The Labute approximate surface area is 112 Å². The summed E-state index contributed by atoms with van der Waals surface area (Å²) in [7, 11) is 0. The molecule has 18 heavy (non-hydrogen) atoms. The van der Waals surface area contributed by atoms with Gasteiger partial charge in [0.15, 0.2) is 0 Å². The first kappa shape index (κ1) is 15.3. The molecule has 0 radical (unpaired) electrons. The highest BCUT2D eigenvalue weighted by Crippen LogP contribution is 2.21. The van der Waals surface area contributed by atoms with Gasteiger partial charge in [0, 0.05) is 13.1 Å². The van der Waals surface area contributed by atoms with E-state index in [1.807, 2.05) is 4.90 Å². The van der Waals surface area contributed by atoms with Gasteiger partial charge in [0.05, 0.1) is 0 Å². The summed E-state index contributed by atoms with van der Waals surface area (Å²) in [4.78, 5) is 14.0. The third-order valence-electron chi connectivity index (χ3n) is 3.64. The van der Waals surface area contributed by atoms with Crippen molar-refractivity contribution < 1.29 is 9.53 Å². The Morgan fingerprint density at radius 3 is 2.11 bits per heavy atom. The van der Waals surface area contributed by atoms with Gasteiger partial charge in [-0.05, 0) is 38.5 Å². The summed E-state index contributed by atoms with van der Waals surface area (Å²) in [5.74, 6) is 0. The number of ether oxygens (including phenoxy) is 1. The molecular weight excluding hydrogens is 226 g/mol. The van der Waals surface area contributed by atoms with E-state index in [0.717, 1.165) is 51.6 Å². The van der Waals surface area contributed by atoms with Crippen LogP contribution >= 0.6 is 0 Å². The van der Waals surface area contributed by atoms with Gasteiger partial charge in [0.2, 0.25) is 0 Å². The van der Waals surface area contributed by atoms with Crippen LogP contribution in [0.1, 0.15) is 71.6 Å². The number of carbonyl (C=O) groups excluding carboxylic acids is 1. The highest BCUT2D eigenvalue weighted by molar-refractivity contribution is 5.67. The molecular formula is C15H29NO2. The molecule has 3 nitrogen and oxygen atoms in total. The van der Waals surface area contributed by atoms with Crippen molar-refractivity contribution in [1.82, 2.24) is 4.90 Å². The van der Waals surface area contributed by atoms with E-state index in [1.165, 1.54) is 19.3 Å². The summed E-state index contributed by atoms with van der Waals surface area (Å²) in [5.41, 5.74) is 0. The Morgan fingerprint density at radius 2 is 1.61 bits per heavy atom. The second-order valence-corrected chi connectivity index (χ2v) is 5.34. The lowest BCUT2D eigenvalue weighted by atomic mass is 9.98. The number of hydrogen-bond donors (Lipinski definition) is 0. The van der Waals surface area contributed by atoms with Crippen LogP contribution in [0.25, 0.3) is 0 Å². The van der Waals surface area contributed by atoms with Crippen molar-refractivity contribution in [2.24, 2.45) is 0 Å². The van der Waals surface area contributed by atoms with E-state index in [2.05, 4.69) is 13.8 Å². The van der Waals surface area contributed by atoms with Crippen LogP contribution in [0.2, 0.25) is 0 Å². The summed E-state index contributed by atoms with van der Waals surface area (Å²) in [6.45, 7) is 6.01. The minimum Gasteiger partial charge on any atom is -0.446 e. The molecule has 1 aliphatic rings. The number of carbonyl (C=O) groups is 1. The third kappa shape index (κ3) is 5.74. The standard InChI is InChI=1S/C15H29NO2/c1-3-5-12-16(13-6-4-2)15(17)18-14-10-8-7-9-11-14/h14H,3-13H2,1-2H3. The summed E-state index contributed by atoms with van der Waals surface area (Å²) in [6.07, 6.45) is 10.3. The Bertz CT molecular complexity index is 217. The average molecular weight is 255 g/mol. The van der Waals surface area contributed by atoms with Crippen molar-refractivity contribution >= 4 is 6.09 Å². The van der Waals surface area contributed by atoms with Crippen molar-refractivity contribution in [1.29, 1.82) is 0 Å². The quantitative estimate of drug-likeness (QED) is 0.676. The van der Waals surface area contributed by atoms with Gasteiger partial charge in [-0.25, -0.2) is 4.79 Å². The van der Waals surface area contributed by atoms with Gasteiger partial charge in [-0.3, -0.25) is 0 Å². The Morgan fingerprint density at radius 1 is 1.06 bits per heavy atom. The largest absolute Gasteiger partial charge is 0.446 e. The molecule has 0 N–H and O–H groups in total. The number of unbranched alkanes of at least 4 members (excludes halogenated alkanes) is 2. The van der Waals surface area contributed by atoms with E-state index < -0.39 is 0 Å². The van der Waals surface area contributed by atoms with Gasteiger partial charge in [0.25, 0.3) is 0 Å². The maximum Gasteiger partial charge on any atom is 0.410 e. The van der Waals surface area contributed by atoms with Gasteiger partial charge < -0.3 is 9.64 Å². The average Bonchev–Trinajstić information content (AvgIpc) is 2.40. The Balaban J connectivity index is 2.35. The van der Waals surface area contributed by atoms with E-state index in [4.69, 9.17) is 4.74 Å². The lowest BCUT2D eigenvalue weighted by Gasteiger charge is -2.27. The van der Waals surface area contributed by atoms with Crippen LogP contribution < -0.4 is 0 Å². The van der Waals surface area contributed by atoms with Crippen LogP contribution in [0.4, 0.5) is 4.79 Å². The molecule has 0 heterocycles. The summed E-state index contributed by atoms with van der Waals surface area (Å²) < 4.78 is 5.63. The van der Waals surface area contributed by atoms with Gasteiger partial charge in [-0.2, -0.15) is 0 Å². The van der Waals surface area contributed by atoms with Crippen molar-refractivity contribution in [2.45, 2.75) is 77.7 Å². The predicted octanol–water partition coefficient (Wildman–Crippen LogP) is 4.36. The predicted molar refractivity (Wildman–Crippen MR) is 74.7 cm³/mol. The molecule has 0 aromatic rings. The molecule has 3 heteroatoms. The molecule has 0 aliphatic heterocycles. The normalized spacial score (nSPS) is 16.6. The zero-order chi connectivity index (χ0) is 13.2. The lowest BCUT2D eigenvalue weighted by Crippen LogP contribution is -2.36.